The van der Waals surface area contributed by atoms with E-state index in [0.717, 1.165) is 25.7 Å². The lowest BCUT2D eigenvalue weighted by Gasteiger charge is -2.18. The number of benzene rings is 1. The van der Waals surface area contributed by atoms with Gasteiger partial charge in [-0.05, 0) is 37.1 Å². The molecule has 0 spiro atoms. The fraction of sp³-hybridized carbons (Fsp3) is 0.300. The molecule has 8 nitrogen and oxygen atoms in total. The maximum Gasteiger partial charge on any atom is 0.305 e. The van der Waals surface area contributed by atoms with Crippen LogP contribution >= 0.6 is 11.8 Å². The summed E-state index contributed by atoms with van der Waals surface area (Å²) in [5.74, 6) is -0.838. The van der Waals surface area contributed by atoms with Crippen LogP contribution in [-0.2, 0) is 4.79 Å². The Morgan fingerprint density at radius 3 is 2.69 bits per heavy atom. The van der Waals surface area contributed by atoms with Crippen molar-refractivity contribution < 1.29 is 14.0 Å². The summed E-state index contributed by atoms with van der Waals surface area (Å²) in [6.07, 6.45) is 5.39. The van der Waals surface area contributed by atoms with E-state index in [1.165, 1.54) is 24.1 Å². The maximum absolute atomic E-state index is 13.1. The molecule has 2 aromatic heterocycles. The number of hydrogen-bond acceptors (Lipinski definition) is 6. The second-order valence-electron chi connectivity index (χ2n) is 6.79. The number of rotatable bonds is 5. The summed E-state index contributed by atoms with van der Waals surface area (Å²) < 4.78 is 6.70. The molecule has 1 aromatic carbocycles. The average Bonchev–Trinajstić information content (AvgIpc) is 3.45. The molecule has 1 aliphatic rings. The van der Waals surface area contributed by atoms with Crippen LogP contribution in [0.1, 0.15) is 42.3 Å². The normalized spacial score (nSPS) is 14.2. The van der Waals surface area contributed by atoms with Crippen LogP contribution in [0.15, 0.2) is 57.0 Å². The van der Waals surface area contributed by atoms with Crippen molar-refractivity contribution in [1.29, 1.82) is 0 Å². The molecule has 29 heavy (non-hydrogen) atoms. The SMILES string of the molecule is O=C(CSc1nc2ccccc2c(=O)n1C1CCCC1)NNC(=O)c1ccco1. The fourth-order valence-corrected chi connectivity index (χ4v) is 4.34. The van der Waals surface area contributed by atoms with Crippen LogP contribution < -0.4 is 16.4 Å². The molecule has 0 saturated heterocycles. The van der Waals surface area contributed by atoms with E-state index < -0.39 is 11.8 Å². The van der Waals surface area contributed by atoms with Crippen LogP contribution in [0.3, 0.4) is 0 Å². The van der Waals surface area contributed by atoms with Gasteiger partial charge in [-0.3, -0.25) is 29.8 Å². The smallest absolute Gasteiger partial charge is 0.305 e. The van der Waals surface area contributed by atoms with Crippen molar-refractivity contribution >= 4 is 34.5 Å². The van der Waals surface area contributed by atoms with Crippen LogP contribution in [-0.4, -0.2) is 27.1 Å². The minimum Gasteiger partial charge on any atom is -0.459 e. The molecular formula is C20H20N4O4S. The first-order valence-electron chi connectivity index (χ1n) is 9.40. The lowest BCUT2D eigenvalue weighted by atomic mass is 10.2. The second-order valence-corrected chi connectivity index (χ2v) is 7.74. The van der Waals surface area contributed by atoms with Gasteiger partial charge in [0.2, 0.25) is 5.91 Å². The zero-order chi connectivity index (χ0) is 20.2. The molecule has 0 unspecified atom stereocenters. The molecule has 4 rings (SSSR count). The number of amides is 2. The van der Waals surface area contributed by atoms with Crippen molar-refractivity contribution in [3.63, 3.8) is 0 Å². The Balaban J connectivity index is 1.49. The summed E-state index contributed by atoms with van der Waals surface area (Å²) in [7, 11) is 0. The molecule has 2 heterocycles. The molecule has 0 radical (unpaired) electrons. The Bertz CT molecular complexity index is 1090. The largest absolute Gasteiger partial charge is 0.459 e. The molecule has 0 aliphatic heterocycles. The number of carbonyl (C=O) groups is 2. The van der Waals surface area contributed by atoms with Gasteiger partial charge in [-0.1, -0.05) is 36.7 Å². The molecule has 2 amide bonds. The molecule has 0 bridgehead atoms. The molecule has 9 heteroatoms. The van der Waals surface area contributed by atoms with E-state index in [4.69, 9.17) is 4.42 Å². The van der Waals surface area contributed by atoms with E-state index in [1.807, 2.05) is 12.1 Å². The molecule has 0 atom stereocenters. The number of hydrogen-bond donors (Lipinski definition) is 2. The molecular weight excluding hydrogens is 392 g/mol. The third kappa shape index (κ3) is 4.19. The van der Waals surface area contributed by atoms with E-state index in [1.54, 1.807) is 22.8 Å². The number of carbonyl (C=O) groups excluding carboxylic acids is 2. The highest BCUT2D eigenvalue weighted by molar-refractivity contribution is 7.99. The topological polar surface area (TPSA) is 106 Å². The van der Waals surface area contributed by atoms with Crippen LogP contribution in [0.25, 0.3) is 10.9 Å². The second kappa shape index (κ2) is 8.52. The lowest BCUT2D eigenvalue weighted by Crippen LogP contribution is -2.42. The standard InChI is InChI=1S/C20H20N4O4S/c25-17(22-23-18(26)16-10-5-11-28-16)12-29-20-21-15-9-4-3-8-14(15)19(27)24(20)13-6-1-2-7-13/h3-5,8-11,13H,1-2,6-7,12H2,(H,22,25)(H,23,26). The van der Waals surface area contributed by atoms with Gasteiger partial charge in [0.15, 0.2) is 10.9 Å². The zero-order valence-corrected chi connectivity index (χ0v) is 16.4. The number of hydrazine groups is 1. The number of fused-ring (bicyclic) bond motifs is 1. The Morgan fingerprint density at radius 1 is 1.14 bits per heavy atom. The van der Waals surface area contributed by atoms with Gasteiger partial charge in [-0.25, -0.2) is 4.98 Å². The first-order valence-corrected chi connectivity index (χ1v) is 10.4. The fourth-order valence-electron chi connectivity index (χ4n) is 3.47. The van der Waals surface area contributed by atoms with Crippen LogP contribution in [0.4, 0.5) is 0 Å². The summed E-state index contributed by atoms with van der Waals surface area (Å²) in [5, 5.41) is 1.10. The van der Waals surface area contributed by atoms with E-state index in [9.17, 15) is 14.4 Å². The Kier molecular flexibility index (Phi) is 5.66. The Labute approximate surface area is 170 Å². The zero-order valence-electron chi connectivity index (χ0n) is 15.6. The van der Waals surface area contributed by atoms with Gasteiger partial charge in [-0.2, -0.15) is 0 Å². The van der Waals surface area contributed by atoms with E-state index in [-0.39, 0.29) is 23.1 Å². The first-order chi connectivity index (χ1) is 14.1. The molecule has 3 aromatic rings. The highest BCUT2D eigenvalue weighted by Gasteiger charge is 2.23. The van der Waals surface area contributed by atoms with Crippen LogP contribution in [0, 0.1) is 0 Å². The first kappa shape index (κ1) is 19.3. The van der Waals surface area contributed by atoms with Crippen molar-refractivity contribution in [1.82, 2.24) is 20.4 Å². The van der Waals surface area contributed by atoms with Crippen molar-refractivity contribution in [3.8, 4) is 0 Å². The predicted octanol–water partition coefficient (Wildman–Crippen LogP) is 2.66. The van der Waals surface area contributed by atoms with Gasteiger partial charge in [0.1, 0.15) is 0 Å². The van der Waals surface area contributed by atoms with Gasteiger partial charge in [0.05, 0.1) is 22.9 Å². The molecule has 1 fully saturated rings. The summed E-state index contributed by atoms with van der Waals surface area (Å²) in [4.78, 5) is 41.7. The predicted molar refractivity (Wildman–Crippen MR) is 109 cm³/mol. The van der Waals surface area contributed by atoms with E-state index in [0.29, 0.717) is 16.1 Å². The Morgan fingerprint density at radius 2 is 1.93 bits per heavy atom. The van der Waals surface area contributed by atoms with Crippen molar-refractivity contribution in [3.05, 3.63) is 58.8 Å². The number of furan rings is 1. The molecule has 1 saturated carbocycles. The third-order valence-electron chi connectivity index (χ3n) is 4.86. The lowest BCUT2D eigenvalue weighted by molar-refractivity contribution is -0.119. The maximum atomic E-state index is 13.1. The van der Waals surface area contributed by atoms with Gasteiger partial charge >= 0.3 is 5.91 Å². The number of para-hydroxylation sites is 1. The summed E-state index contributed by atoms with van der Waals surface area (Å²) in [5.41, 5.74) is 5.18. The highest BCUT2D eigenvalue weighted by atomic mass is 32.2. The van der Waals surface area contributed by atoms with Crippen molar-refractivity contribution in [2.45, 2.75) is 36.9 Å². The quantitative estimate of drug-likeness (QED) is 0.379. The number of nitrogens with zero attached hydrogens (tertiary/aromatic N) is 2. The molecule has 150 valence electrons. The van der Waals surface area contributed by atoms with Gasteiger partial charge in [0, 0.05) is 6.04 Å². The van der Waals surface area contributed by atoms with E-state index in [2.05, 4.69) is 15.8 Å². The Hall–Kier alpha value is -3.07. The van der Waals surface area contributed by atoms with Crippen LogP contribution in [0.5, 0.6) is 0 Å². The van der Waals surface area contributed by atoms with Gasteiger partial charge < -0.3 is 4.42 Å². The molecule has 1 aliphatic carbocycles. The average molecular weight is 412 g/mol. The van der Waals surface area contributed by atoms with Crippen LogP contribution in [0.2, 0.25) is 0 Å². The third-order valence-corrected chi connectivity index (χ3v) is 5.81. The minimum atomic E-state index is -0.542. The summed E-state index contributed by atoms with van der Waals surface area (Å²) in [6.45, 7) is 0. The summed E-state index contributed by atoms with van der Waals surface area (Å²) in [6, 6.07) is 10.4. The van der Waals surface area contributed by atoms with Gasteiger partial charge in [0.25, 0.3) is 5.56 Å². The summed E-state index contributed by atoms with van der Waals surface area (Å²) >= 11 is 1.19. The number of nitrogens with one attached hydrogen (secondary N) is 2. The molecule has 2 N–H and O–H groups in total. The van der Waals surface area contributed by atoms with Crippen molar-refractivity contribution in [2.24, 2.45) is 0 Å². The van der Waals surface area contributed by atoms with E-state index >= 15 is 0 Å². The van der Waals surface area contributed by atoms with Crippen molar-refractivity contribution in [2.75, 3.05) is 5.75 Å². The highest BCUT2D eigenvalue weighted by Crippen LogP contribution is 2.32. The minimum absolute atomic E-state index is 0.00986. The number of thioether (sulfide) groups is 1. The number of aromatic nitrogens is 2. The monoisotopic (exact) mass is 412 g/mol. The van der Waals surface area contributed by atoms with Gasteiger partial charge in [-0.15, -0.1) is 0 Å².